The number of carbonyl (C=O) groups is 1. The van der Waals surface area contributed by atoms with Gasteiger partial charge in [0.05, 0.1) is 23.0 Å². The first kappa shape index (κ1) is 20.3. The van der Waals surface area contributed by atoms with E-state index in [1.54, 1.807) is 37.3 Å². The highest BCUT2D eigenvalue weighted by Gasteiger charge is 2.32. The van der Waals surface area contributed by atoms with Gasteiger partial charge in [-0.05, 0) is 35.4 Å². The van der Waals surface area contributed by atoms with Gasteiger partial charge in [0.2, 0.25) is 15.9 Å². The van der Waals surface area contributed by atoms with Crippen LogP contribution in [0.1, 0.15) is 36.9 Å². The van der Waals surface area contributed by atoms with Crippen molar-refractivity contribution in [3.05, 3.63) is 64.4 Å². The van der Waals surface area contributed by atoms with Crippen LogP contribution in [-0.2, 0) is 14.8 Å². The number of hydrogen-bond acceptors (Lipinski definition) is 4. The second-order valence-corrected chi connectivity index (χ2v) is 8.64. The highest BCUT2D eigenvalue weighted by atomic mass is 35.5. The van der Waals surface area contributed by atoms with Crippen LogP contribution < -0.4 is 4.72 Å². The zero-order valence-electron chi connectivity index (χ0n) is 15.3. The number of hydrogen-bond donors (Lipinski definition) is 1. The molecule has 0 spiro atoms. The molecular formula is C19H19ClFN3O3S. The SMILES string of the molecule is CCC(=O)N1N=C(c2cccc(NS(C)(=O)=O)c2)C[C@H]1c1ccc(F)c(Cl)c1. The Morgan fingerprint density at radius 3 is 2.71 bits per heavy atom. The lowest BCUT2D eigenvalue weighted by Crippen LogP contribution is -2.26. The Kier molecular flexibility index (Phi) is 5.71. The molecule has 1 atom stereocenters. The van der Waals surface area contributed by atoms with Crippen LogP contribution in [0.4, 0.5) is 10.1 Å². The molecule has 9 heteroatoms. The number of nitrogens with one attached hydrogen (secondary N) is 1. The van der Waals surface area contributed by atoms with Crippen LogP contribution in [0, 0.1) is 5.82 Å². The highest BCUT2D eigenvalue weighted by Crippen LogP contribution is 2.35. The number of amides is 1. The zero-order valence-corrected chi connectivity index (χ0v) is 16.9. The van der Waals surface area contributed by atoms with Crippen LogP contribution in [0.25, 0.3) is 0 Å². The smallest absolute Gasteiger partial charge is 0.242 e. The molecule has 0 aliphatic carbocycles. The van der Waals surface area contributed by atoms with Crippen LogP contribution >= 0.6 is 11.6 Å². The first-order valence-corrected chi connectivity index (χ1v) is 10.9. The average molecular weight is 424 g/mol. The summed E-state index contributed by atoms with van der Waals surface area (Å²) in [6.45, 7) is 1.74. The zero-order chi connectivity index (χ0) is 20.5. The van der Waals surface area contributed by atoms with E-state index in [1.807, 2.05) is 0 Å². The van der Waals surface area contributed by atoms with Crippen LogP contribution in [0.5, 0.6) is 0 Å². The molecule has 0 bridgehead atoms. The standard InChI is InChI=1S/C19H19ClFN3O3S/c1-3-19(25)24-18(13-7-8-16(21)15(20)10-13)11-17(22-24)12-5-4-6-14(9-12)23-28(2,26)27/h4-10,18,23H,3,11H2,1-2H3/t18-/m0/s1. The minimum atomic E-state index is -3.41. The minimum absolute atomic E-state index is 0.0193. The van der Waals surface area contributed by atoms with Gasteiger partial charge >= 0.3 is 0 Å². The molecule has 148 valence electrons. The van der Waals surface area contributed by atoms with Crippen molar-refractivity contribution in [1.82, 2.24) is 5.01 Å². The quantitative estimate of drug-likeness (QED) is 0.791. The first-order valence-electron chi connectivity index (χ1n) is 8.60. The summed E-state index contributed by atoms with van der Waals surface area (Å²) in [4.78, 5) is 12.4. The maximum Gasteiger partial charge on any atom is 0.242 e. The van der Waals surface area contributed by atoms with E-state index in [-0.39, 0.29) is 17.4 Å². The summed E-state index contributed by atoms with van der Waals surface area (Å²) in [6, 6.07) is 10.7. The molecule has 6 nitrogen and oxygen atoms in total. The molecule has 1 amide bonds. The molecule has 1 aliphatic heterocycles. The van der Waals surface area contributed by atoms with E-state index in [0.29, 0.717) is 28.9 Å². The van der Waals surface area contributed by atoms with Gasteiger partial charge in [0.15, 0.2) is 0 Å². The average Bonchev–Trinajstić information content (AvgIpc) is 3.07. The third-order valence-electron chi connectivity index (χ3n) is 4.30. The molecular weight excluding hydrogens is 405 g/mol. The number of carbonyl (C=O) groups excluding carboxylic acids is 1. The molecule has 28 heavy (non-hydrogen) atoms. The van der Waals surface area contributed by atoms with Crippen molar-refractivity contribution >= 4 is 38.9 Å². The van der Waals surface area contributed by atoms with Gasteiger partial charge in [-0.1, -0.05) is 36.7 Å². The number of sulfonamides is 1. The summed E-state index contributed by atoms with van der Waals surface area (Å²) in [5.41, 5.74) is 2.41. The summed E-state index contributed by atoms with van der Waals surface area (Å²) in [5.74, 6) is -0.705. The number of nitrogens with zero attached hydrogens (tertiary/aromatic N) is 2. The van der Waals surface area contributed by atoms with Crippen molar-refractivity contribution in [2.75, 3.05) is 11.0 Å². The van der Waals surface area contributed by atoms with E-state index in [4.69, 9.17) is 11.6 Å². The molecule has 0 saturated heterocycles. The Hall–Kier alpha value is -2.45. The van der Waals surface area contributed by atoms with Gasteiger partial charge in [0.25, 0.3) is 0 Å². The lowest BCUT2D eigenvalue weighted by molar-refractivity contribution is -0.132. The van der Waals surface area contributed by atoms with Gasteiger partial charge < -0.3 is 0 Å². The van der Waals surface area contributed by atoms with Crippen molar-refractivity contribution in [3.63, 3.8) is 0 Å². The number of rotatable bonds is 5. The molecule has 2 aromatic rings. The van der Waals surface area contributed by atoms with Crippen molar-refractivity contribution < 1.29 is 17.6 Å². The van der Waals surface area contributed by atoms with E-state index in [2.05, 4.69) is 9.82 Å². The Balaban J connectivity index is 1.96. The fourth-order valence-electron chi connectivity index (χ4n) is 3.03. The Bertz CT molecular complexity index is 1060. The largest absolute Gasteiger partial charge is 0.284 e. The molecule has 3 rings (SSSR count). The van der Waals surface area contributed by atoms with Gasteiger partial charge in [0, 0.05) is 18.5 Å². The maximum atomic E-state index is 13.5. The van der Waals surface area contributed by atoms with Crippen LogP contribution in [-0.4, -0.2) is 31.3 Å². The van der Waals surface area contributed by atoms with Crippen molar-refractivity contribution in [2.45, 2.75) is 25.8 Å². The molecule has 0 fully saturated rings. The molecule has 1 heterocycles. The molecule has 2 aromatic carbocycles. The first-order chi connectivity index (χ1) is 13.2. The normalized spacial score (nSPS) is 16.8. The molecule has 0 saturated carbocycles. The Morgan fingerprint density at radius 1 is 1.32 bits per heavy atom. The summed E-state index contributed by atoms with van der Waals surface area (Å²) >= 11 is 5.91. The van der Waals surface area contributed by atoms with Gasteiger partial charge in [-0.2, -0.15) is 5.10 Å². The van der Waals surface area contributed by atoms with Gasteiger partial charge in [-0.15, -0.1) is 0 Å². The third kappa shape index (κ3) is 4.51. The number of anilines is 1. The topological polar surface area (TPSA) is 78.8 Å². The maximum absolute atomic E-state index is 13.5. The molecule has 0 radical (unpaired) electrons. The molecule has 1 aliphatic rings. The second-order valence-electron chi connectivity index (χ2n) is 6.49. The van der Waals surface area contributed by atoms with Gasteiger partial charge in [0.1, 0.15) is 5.82 Å². The lowest BCUT2D eigenvalue weighted by atomic mass is 9.98. The fraction of sp³-hybridized carbons (Fsp3) is 0.263. The van der Waals surface area contributed by atoms with E-state index in [9.17, 15) is 17.6 Å². The van der Waals surface area contributed by atoms with Crippen LogP contribution in [0.3, 0.4) is 0 Å². The van der Waals surface area contributed by atoms with E-state index >= 15 is 0 Å². The van der Waals surface area contributed by atoms with E-state index in [1.165, 1.54) is 17.1 Å². The summed E-state index contributed by atoms with van der Waals surface area (Å²) in [7, 11) is -3.41. The summed E-state index contributed by atoms with van der Waals surface area (Å²) < 4.78 is 38.9. The monoisotopic (exact) mass is 423 g/mol. The van der Waals surface area contributed by atoms with Crippen molar-refractivity contribution in [1.29, 1.82) is 0 Å². The second kappa shape index (κ2) is 7.89. The number of halogens is 2. The molecule has 0 unspecified atom stereocenters. The number of hydrazone groups is 1. The predicted octanol–water partition coefficient (Wildman–Crippen LogP) is 3.94. The van der Waals surface area contributed by atoms with Gasteiger partial charge in [-0.25, -0.2) is 17.8 Å². The van der Waals surface area contributed by atoms with E-state index in [0.717, 1.165) is 6.26 Å². The van der Waals surface area contributed by atoms with Crippen molar-refractivity contribution in [2.24, 2.45) is 5.10 Å². The lowest BCUT2D eigenvalue weighted by Gasteiger charge is -2.21. The minimum Gasteiger partial charge on any atom is -0.284 e. The summed E-state index contributed by atoms with van der Waals surface area (Å²) in [6.07, 6.45) is 1.73. The molecule has 0 aromatic heterocycles. The molecule has 1 N–H and O–H groups in total. The van der Waals surface area contributed by atoms with Crippen molar-refractivity contribution in [3.8, 4) is 0 Å². The van der Waals surface area contributed by atoms with Crippen LogP contribution in [0.15, 0.2) is 47.6 Å². The number of benzene rings is 2. The fourth-order valence-corrected chi connectivity index (χ4v) is 3.78. The Labute approximate surface area is 168 Å². The van der Waals surface area contributed by atoms with E-state index < -0.39 is 21.9 Å². The Morgan fingerprint density at radius 2 is 2.07 bits per heavy atom. The van der Waals surface area contributed by atoms with Gasteiger partial charge in [-0.3, -0.25) is 9.52 Å². The highest BCUT2D eigenvalue weighted by molar-refractivity contribution is 7.92. The van der Waals surface area contributed by atoms with Crippen LogP contribution in [0.2, 0.25) is 5.02 Å². The third-order valence-corrected chi connectivity index (χ3v) is 5.19. The summed E-state index contributed by atoms with van der Waals surface area (Å²) in [5, 5.41) is 5.83. The predicted molar refractivity (Wildman–Crippen MR) is 107 cm³/mol.